The van der Waals surface area contributed by atoms with E-state index in [0.717, 1.165) is 6.42 Å². The normalized spacial score (nSPS) is 17.8. The van der Waals surface area contributed by atoms with Crippen molar-refractivity contribution in [3.8, 4) is 0 Å². The number of aryl methyl sites for hydroxylation is 1. The number of rotatable bonds is 2. The van der Waals surface area contributed by atoms with E-state index in [1.54, 1.807) is 0 Å². The molecule has 1 unspecified atom stereocenters. The summed E-state index contributed by atoms with van der Waals surface area (Å²) in [6.45, 7) is 0. The average Bonchev–Trinajstić information content (AvgIpc) is 2.78. The number of hydrogen-bond donors (Lipinski definition) is 0. The van der Waals surface area contributed by atoms with E-state index in [2.05, 4.69) is 30.3 Å². The molecule has 0 aromatic heterocycles. The van der Waals surface area contributed by atoms with Crippen LogP contribution in [0.5, 0.6) is 0 Å². The van der Waals surface area contributed by atoms with E-state index >= 15 is 0 Å². The molecule has 18 heavy (non-hydrogen) atoms. The predicted molar refractivity (Wildman–Crippen MR) is 77.7 cm³/mol. The van der Waals surface area contributed by atoms with Gasteiger partial charge in [-0.2, -0.15) is 0 Å². The number of fused-ring (bicyclic) bond motifs is 1. The molecule has 1 aliphatic carbocycles. The van der Waals surface area contributed by atoms with Crippen LogP contribution in [-0.2, 0) is 12.8 Å². The molecule has 0 radical (unpaired) electrons. The summed E-state index contributed by atoms with van der Waals surface area (Å²) in [4.78, 5) is 0. The molecule has 0 saturated heterocycles. The average molecular weight is 277 g/mol. The van der Waals surface area contributed by atoms with Crippen molar-refractivity contribution in [2.24, 2.45) is 0 Å². The molecular formula is C16H14Cl2. The lowest BCUT2D eigenvalue weighted by Gasteiger charge is -2.12. The van der Waals surface area contributed by atoms with Gasteiger partial charge >= 0.3 is 0 Å². The fraction of sp³-hybridized carbons (Fsp3) is 0.250. The van der Waals surface area contributed by atoms with E-state index in [9.17, 15) is 0 Å². The third-order valence-electron chi connectivity index (χ3n) is 3.72. The van der Waals surface area contributed by atoms with Gasteiger partial charge in [-0.3, -0.25) is 0 Å². The van der Waals surface area contributed by atoms with Crippen LogP contribution in [0.25, 0.3) is 0 Å². The molecule has 2 aromatic rings. The SMILES string of the molecule is Clc1ccc(CC2CCc3ccccc32)cc1Cl. The summed E-state index contributed by atoms with van der Waals surface area (Å²) in [5.41, 5.74) is 4.28. The zero-order valence-electron chi connectivity index (χ0n) is 10.00. The third-order valence-corrected chi connectivity index (χ3v) is 4.46. The highest BCUT2D eigenvalue weighted by Gasteiger charge is 2.22. The van der Waals surface area contributed by atoms with Crippen molar-refractivity contribution < 1.29 is 0 Å². The molecule has 0 fully saturated rings. The molecule has 92 valence electrons. The minimum atomic E-state index is 0.624. The van der Waals surface area contributed by atoms with Crippen LogP contribution in [0.2, 0.25) is 10.0 Å². The molecular weight excluding hydrogens is 263 g/mol. The molecule has 2 aromatic carbocycles. The van der Waals surface area contributed by atoms with Gasteiger partial charge in [-0.1, -0.05) is 53.5 Å². The van der Waals surface area contributed by atoms with Crippen molar-refractivity contribution in [1.82, 2.24) is 0 Å². The Kier molecular flexibility index (Phi) is 3.32. The predicted octanol–water partition coefficient (Wildman–Crippen LogP) is 5.27. The van der Waals surface area contributed by atoms with Gasteiger partial charge in [-0.25, -0.2) is 0 Å². The summed E-state index contributed by atoms with van der Waals surface area (Å²) in [6, 6.07) is 14.7. The maximum Gasteiger partial charge on any atom is 0.0595 e. The topological polar surface area (TPSA) is 0 Å². The van der Waals surface area contributed by atoms with Gasteiger partial charge in [0.05, 0.1) is 10.0 Å². The number of halogens is 2. The molecule has 0 heterocycles. The van der Waals surface area contributed by atoms with Crippen LogP contribution in [0, 0.1) is 0 Å². The summed E-state index contributed by atoms with van der Waals surface area (Å²) in [5.74, 6) is 0.624. The second kappa shape index (κ2) is 4.95. The Labute approximate surface area is 118 Å². The van der Waals surface area contributed by atoms with Crippen LogP contribution in [0.15, 0.2) is 42.5 Å². The largest absolute Gasteiger partial charge is 0.0827 e. The van der Waals surface area contributed by atoms with Gasteiger partial charge in [-0.15, -0.1) is 0 Å². The third kappa shape index (κ3) is 2.28. The highest BCUT2D eigenvalue weighted by atomic mass is 35.5. The molecule has 3 rings (SSSR count). The molecule has 0 spiro atoms. The summed E-state index contributed by atoms with van der Waals surface area (Å²) < 4.78 is 0. The van der Waals surface area contributed by atoms with E-state index in [-0.39, 0.29) is 0 Å². The summed E-state index contributed by atoms with van der Waals surface area (Å²) in [7, 11) is 0. The maximum absolute atomic E-state index is 6.07. The van der Waals surface area contributed by atoms with Crippen molar-refractivity contribution in [2.45, 2.75) is 25.2 Å². The van der Waals surface area contributed by atoms with Gasteiger partial charge in [0.25, 0.3) is 0 Å². The minimum absolute atomic E-state index is 0.624. The molecule has 1 aliphatic rings. The second-order valence-corrected chi connectivity index (χ2v) is 5.70. The van der Waals surface area contributed by atoms with Crippen LogP contribution < -0.4 is 0 Å². The lowest BCUT2D eigenvalue weighted by Crippen LogP contribution is -1.98. The zero-order valence-corrected chi connectivity index (χ0v) is 11.5. The number of benzene rings is 2. The van der Waals surface area contributed by atoms with E-state index in [0.29, 0.717) is 16.0 Å². The molecule has 0 saturated carbocycles. The smallest absolute Gasteiger partial charge is 0.0595 e. The first-order valence-corrected chi connectivity index (χ1v) is 7.01. The van der Waals surface area contributed by atoms with Gasteiger partial charge < -0.3 is 0 Å². The highest BCUT2D eigenvalue weighted by molar-refractivity contribution is 6.42. The van der Waals surface area contributed by atoms with Crippen LogP contribution in [0.3, 0.4) is 0 Å². The van der Waals surface area contributed by atoms with Crippen molar-refractivity contribution >= 4 is 23.2 Å². The molecule has 1 atom stereocenters. The second-order valence-electron chi connectivity index (χ2n) is 4.89. The van der Waals surface area contributed by atoms with Gasteiger partial charge in [0.2, 0.25) is 0 Å². The highest BCUT2D eigenvalue weighted by Crippen LogP contribution is 2.36. The van der Waals surface area contributed by atoms with E-state index in [4.69, 9.17) is 23.2 Å². The Hall–Kier alpha value is -0.980. The van der Waals surface area contributed by atoms with Crippen LogP contribution in [0.1, 0.15) is 29.0 Å². The van der Waals surface area contributed by atoms with Gasteiger partial charge in [-0.05, 0) is 54.0 Å². The molecule has 0 amide bonds. The van der Waals surface area contributed by atoms with E-state index in [1.165, 1.54) is 29.5 Å². The molecule has 0 aliphatic heterocycles. The van der Waals surface area contributed by atoms with Crippen LogP contribution >= 0.6 is 23.2 Å². The first-order valence-electron chi connectivity index (χ1n) is 6.26. The first-order chi connectivity index (χ1) is 8.74. The van der Waals surface area contributed by atoms with Crippen molar-refractivity contribution in [1.29, 1.82) is 0 Å². The zero-order chi connectivity index (χ0) is 12.5. The maximum atomic E-state index is 6.07. The Balaban J connectivity index is 1.84. The first kappa shape index (κ1) is 12.1. The summed E-state index contributed by atoms with van der Waals surface area (Å²) in [6.07, 6.45) is 3.48. The Morgan fingerprint density at radius 1 is 1.00 bits per heavy atom. The van der Waals surface area contributed by atoms with E-state index < -0.39 is 0 Å². The van der Waals surface area contributed by atoms with Gasteiger partial charge in [0, 0.05) is 0 Å². The van der Waals surface area contributed by atoms with Crippen molar-refractivity contribution in [3.63, 3.8) is 0 Å². The number of hydrogen-bond acceptors (Lipinski definition) is 0. The molecule has 2 heteroatoms. The van der Waals surface area contributed by atoms with Gasteiger partial charge in [0.15, 0.2) is 0 Å². The fourth-order valence-corrected chi connectivity index (χ4v) is 3.13. The molecule has 0 bridgehead atoms. The fourth-order valence-electron chi connectivity index (χ4n) is 2.81. The summed E-state index contributed by atoms with van der Waals surface area (Å²) >= 11 is 12.0. The van der Waals surface area contributed by atoms with Gasteiger partial charge in [0.1, 0.15) is 0 Å². The summed E-state index contributed by atoms with van der Waals surface area (Å²) in [5, 5.41) is 1.28. The lowest BCUT2D eigenvalue weighted by molar-refractivity contribution is 0.675. The van der Waals surface area contributed by atoms with E-state index in [1.807, 2.05) is 12.1 Å². The van der Waals surface area contributed by atoms with Crippen LogP contribution in [-0.4, -0.2) is 0 Å². The Morgan fingerprint density at radius 2 is 1.83 bits per heavy atom. The molecule has 0 N–H and O–H groups in total. The Bertz CT molecular complexity index is 575. The minimum Gasteiger partial charge on any atom is -0.0827 e. The lowest BCUT2D eigenvalue weighted by atomic mass is 9.94. The monoisotopic (exact) mass is 276 g/mol. The quantitative estimate of drug-likeness (QED) is 0.701. The van der Waals surface area contributed by atoms with Crippen LogP contribution in [0.4, 0.5) is 0 Å². The van der Waals surface area contributed by atoms with Crippen molar-refractivity contribution in [3.05, 3.63) is 69.2 Å². The molecule has 0 nitrogen and oxygen atoms in total. The van der Waals surface area contributed by atoms with Crippen molar-refractivity contribution in [2.75, 3.05) is 0 Å². The standard InChI is InChI=1S/C16H14Cl2/c17-15-8-5-11(10-16(15)18)9-13-7-6-12-3-1-2-4-14(12)13/h1-5,8,10,13H,6-7,9H2. The Morgan fingerprint density at radius 3 is 2.67 bits per heavy atom.